The lowest BCUT2D eigenvalue weighted by molar-refractivity contribution is 0.102. The molecule has 168 valence electrons. The van der Waals surface area contributed by atoms with E-state index in [4.69, 9.17) is 9.47 Å². The number of benzene rings is 3. The molecule has 3 amide bonds. The van der Waals surface area contributed by atoms with Crippen LogP contribution in [0.4, 0.5) is 20.6 Å². The Balaban J connectivity index is 1.25. The van der Waals surface area contributed by atoms with Crippen LogP contribution in [0.2, 0.25) is 0 Å². The number of carbonyl (C=O) groups excluding carboxylic acids is 2. The summed E-state index contributed by atoms with van der Waals surface area (Å²) < 4.78 is 24.6. The van der Waals surface area contributed by atoms with Crippen LogP contribution in [0.1, 0.15) is 22.3 Å². The normalized spacial score (nSPS) is 15.0. The summed E-state index contributed by atoms with van der Waals surface area (Å²) in [5.74, 6) is 0.312. The second-order valence-electron chi connectivity index (χ2n) is 7.88. The zero-order chi connectivity index (χ0) is 22.8. The van der Waals surface area contributed by atoms with Gasteiger partial charge in [0.1, 0.15) is 5.82 Å². The first-order valence-electron chi connectivity index (χ1n) is 10.7. The molecule has 2 heterocycles. The van der Waals surface area contributed by atoms with Crippen molar-refractivity contribution < 1.29 is 23.5 Å². The Bertz CT molecular complexity index is 1200. The highest BCUT2D eigenvalue weighted by Gasteiger charge is 2.27. The molecule has 0 unspecified atom stereocenters. The standard InChI is InChI=1S/C25H22FN3O4/c26-21-5-2-1-4-20(21)24(30)27-18-7-9-19(10-8-18)29-13-3-12-28(25(29)31)15-17-6-11-22-23(14-17)33-16-32-22/h1-2,4-11,14H,3,12-13,15-16H2,(H,27,30). The molecule has 1 N–H and O–H groups in total. The molecule has 3 aromatic rings. The summed E-state index contributed by atoms with van der Waals surface area (Å²) in [6.07, 6.45) is 0.835. The molecular formula is C25H22FN3O4. The van der Waals surface area contributed by atoms with Crippen LogP contribution in [0.5, 0.6) is 11.5 Å². The van der Waals surface area contributed by atoms with Gasteiger partial charge in [-0.05, 0) is 60.5 Å². The van der Waals surface area contributed by atoms with Crippen molar-refractivity contribution >= 4 is 23.3 Å². The van der Waals surface area contributed by atoms with Gasteiger partial charge in [0, 0.05) is 31.0 Å². The highest BCUT2D eigenvalue weighted by atomic mass is 19.1. The lowest BCUT2D eigenvalue weighted by atomic mass is 10.1. The molecule has 0 aromatic heterocycles. The number of nitrogens with zero attached hydrogens (tertiary/aromatic N) is 2. The Hall–Kier alpha value is -4.07. The van der Waals surface area contributed by atoms with E-state index in [9.17, 15) is 14.0 Å². The van der Waals surface area contributed by atoms with E-state index in [2.05, 4.69) is 5.32 Å². The van der Waals surface area contributed by atoms with Crippen LogP contribution in [0.25, 0.3) is 0 Å². The molecule has 0 spiro atoms. The average molecular weight is 447 g/mol. The number of hydrogen-bond acceptors (Lipinski definition) is 4. The second-order valence-corrected chi connectivity index (χ2v) is 7.88. The predicted molar refractivity (Wildman–Crippen MR) is 121 cm³/mol. The van der Waals surface area contributed by atoms with Crippen LogP contribution in [-0.2, 0) is 6.54 Å². The summed E-state index contributed by atoms with van der Waals surface area (Å²) in [7, 11) is 0. The molecule has 5 rings (SSSR count). The van der Waals surface area contributed by atoms with E-state index in [0.29, 0.717) is 36.8 Å². The fourth-order valence-corrected chi connectivity index (χ4v) is 4.00. The highest BCUT2D eigenvalue weighted by Crippen LogP contribution is 2.33. The molecule has 1 fully saturated rings. The zero-order valence-electron chi connectivity index (χ0n) is 17.8. The van der Waals surface area contributed by atoms with Gasteiger partial charge in [0.05, 0.1) is 5.56 Å². The van der Waals surface area contributed by atoms with Gasteiger partial charge in [-0.3, -0.25) is 9.69 Å². The van der Waals surface area contributed by atoms with E-state index in [1.54, 1.807) is 40.1 Å². The minimum Gasteiger partial charge on any atom is -0.454 e. The monoisotopic (exact) mass is 447 g/mol. The number of fused-ring (bicyclic) bond motifs is 1. The van der Waals surface area contributed by atoms with Crippen LogP contribution < -0.4 is 19.7 Å². The second kappa shape index (κ2) is 8.82. The maximum atomic E-state index is 13.8. The van der Waals surface area contributed by atoms with Crippen molar-refractivity contribution in [1.82, 2.24) is 4.90 Å². The highest BCUT2D eigenvalue weighted by molar-refractivity contribution is 6.04. The minimum absolute atomic E-state index is 0.0213. The third-order valence-corrected chi connectivity index (χ3v) is 5.68. The summed E-state index contributed by atoms with van der Waals surface area (Å²) in [4.78, 5) is 29.0. The number of halogens is 1. The molecule has 0 radical (unpaired) electrons. The number of ether oxygens (including phenoxy) is 2. The van der Waals surface area contributed by atoms with Crippen LogP contribution in [-0.4, -0.2) is 36.7 Å². The topological polar surface area (TPSA) is 71.1 Å². The van der Waals surface area contributed by atoms with E-state index >= 15 is 0 Å². The van der Waals surface area contributed by atoms with Crippen molar-refractivity contribution in [3.63, 3.8) is 0 Å². The number of urea groups is 1. The maximum Gasteiger partial charge on any atom is 0.324 e. The molecule has 0 atom stereocenters. The van der Waals surface area contributed by atoms with Crippen LogP contribution in [0.15, 0.2) is 66.7 Å². The van der Waals surface area contributed by atoms with Gasteiger partial charge in [-0.2, -0.15) is 0 Å². The number of hydrogen-bond donors (Lipinski definition) is 1. The van der Waals surface area contributed by atoms with Gasteiger partial charge >= 0.3 is 6.03 Å². The Labute approximate surface area is 190 Å². The van der Waals surface area contributed by atoms with E-state index < -0.39 is 11.7 Å². The fourth-order valence-electron chi connectivity index (χ4n) is 4.00. The molecule has 0 aliphatic carbocycles. The number of anilines is 2. The third-order valence-electron chi connectivity index (χ3n) is 5.68. The Morgan fingerprint density at radius 1 is 0.970 bits per heavy atom. The number of amides is 3. The number of rotatable bonds is 5. The SMILES string of the molecule is O=C(Nc1ccc(N2CCCN(Cc3ccc4c(c3)OCO4)C2=O)cc1)c1ccccc1F. The van der Waals surface area contributed by atoms with E-state index in [0.717, 1.165) is 17.7 Å². The minimum atomic E-state index is -0.576. The average Bonchev–Trinajstić information content (AvgIpc) is 3.29. The van der Waals surface area contributed by atoms with Crippen molar-refractivity contribution in [2.24, 2.45) is 0 Å². The Kier molecular flexibility index (Phi) is 5.56. The molecule has 7 nitrogen and oxygen atoms in total. The molecule has 8 heteroatoms. The lowest BCUT2D eigenvalue weighted by Gasteiger charge is -2.35. The van der Waals surface area contributed by atoms with Crippen LogP contribution in [0.3, 0.4) is 0 Å². The van der Waals surface area contributed by atoms with Gasteiger partial charge < -0.3 is 19.7 Å². The molecule has 2 aliphatic rings. The summed E-state index contributed by atoms with van der Waals surface area (Å²) in [6, 6.07) is 18.4. The maximum absolute atomic E-state index is 13.8. The first-order chi connectivity index (χ1) is 16.1. The van der Waals surface area contributed by atoms with Crippen molar-refractivity contribution in [3.8, 4) is 11.5 Å². The van der Waals surface area contributed by atoms with Gasteiger partial charge in [0.2, 0.25) is 6.79 Å². The van der Waals surface area contributed by atoms with Crippen molar-refractivity contribution in [2.45, 2.75) is 13.0 Å². The quantitative estimate of drug-likeness (QED) is 0.619. The molecule has 3 aromatic carbocycles. The number of nitrogens with one attached hydrogen (secondary N) is 1. The fraction of sp³-hybridized carbons (Fsp3) is 0.200. The van der Waals surface area contributed by atoms with Gasteiger partial charge in [-0.15, -0.1) is 0 Å². The molecule has 33 heavy (non-hydrogen) atoms. The first-order valence-corrected chi connectivity index (χ1v) is 10.7. The lowest BCUT2D eigenvalue weighted by Crippen LogP contribution is -2.49. The van der Waals surface area contributed by atoms with Crippen molar-refractivity contribution in [3.05, 3.63) is 83.7 Å². The van der Waals surface area contributed by atoms with E-state index in [1.165, 1.54) is 18.2 Å². The van der Waals surface area contributed by atoms with Gasteiger partial charge in [0.15, 0.2) is 11.5 Å². The van der Waals surface area contributed by atoms with Crippen molar-refractivity contribution in [2.75, 3.05) is 30.1 Å². The molecule has 2 aliphatic heterocycles. The smallest absolute Gasteiger partial charge is 0.324 e. The molecule has 0 bridgehead atoms. The van der Waals surface area contributed by atoms with E-state index in [1.807, 2.05) is 18.2 Å². The molecular weight excluding hydrogens is 425 g/mol. The summed E-state index contributed by atoms with van der Waals surface area (Å²) >= 11 is 0. The Morgan fingerprint density at radius 2 is 1.76 bits per heavy atom. The number of carbonyl (C=O) groups is 2. The summed E-state index contributed by atoms with van der Waals surface area (Å²) in [5, 5.41) is 2.69. The first kappa shape index (κ1) is 20.8. The largest absolute Gasteiger partial charge is 0.454 e. The third kappa shape index (κ3) is 4.32. The van der Waals surface area contributed by atoms with Gasteiger partial charge in [-0.1, -0.05) is 18.2 Å². The van der Waals surface area contributed by atoms with Gasteiger partial charge in [-0.25, -0.2) is 9.18 Å². The predicted octanol–water partition coefficient (Wildman–Crippen LogP) is 4.64. The summed E-state index contributed by atoms with van der Waals surface area (Å²) in [5.41, 5.74) is 2.21. The molecule has 1 saturated heterocycles. The van der Waals surface area contributed by atoms with Gasteiger partial charge in [0.25, 0.3) is 5.91 Å². The zero-order valence-corrected chi connectivity index (χ0v) is 17.8. The van der Waals surface area contributed by atoms with Crippen molar-refractivity contribution in [1.29, 1.82) is 0 Å². The van der Waals surface area contributed by atoms with E-state index in [-0.39, 0.29) is 18.4 Å². The molecule has 0 saturated carbocycles. The Morgan fingerprint density at radius 3 is 2.58 bits per heavy atom. The van der Waals surface area contributed by atoms with Crippen LogP contribution in [0, 0.1) is 5.82 Å². The summed E-state index contributed by atoms with van der Waals surface area (Å²) in [6.45, 7) is 1.96. The van der Waals surface area contributed by atoms with Crippen LogP contribution >= 0.6 is 0 Å².